The van der Waals surface area contributed by atoms with Crippen LogP contribution in [0.25, 0.3) is 32.9 Å². The zero-order valence-electron chi connectivity index (χ0n) is 53.2. The predicted molar refractivity (Wildman–Crippen MR) is 432 cm³/mol. The quantitative estimate of drug-likeness (QED) is 0.0462. The molecule has 0 saturated heterocycles. The average molecular weight is 1590 g/mol. The molecule has 0 radical (unpaired) electrons. The minimum atomic E-state index is -0.875. The SMILES string of the molecule is C.C.C.C#C.CBr.CC(C)SBr.CC(C)Sc1nnc(Br)n1-c1ccc(C2CC2)c2ccccc12.CCCCC.CCCCC.CSC(C)C.Cc1ccccc1.O=C(O)CSc1nnc(Br)n1-c1ccc(C2CC2)c2ccccc12.P.P.c1ccccc1. The van der Waals surface area contributed by atoms with Crippen LogP contribution in [0.3, 0.4) is 0 Å². The van der Waals surface area contributed by atoms with Crippen molar-refractivity contribution in [3.63, 3.8) is 0 Å². The van der Waals surface area contributed by atoms with Crippen LogP contribution >= 0.6 is 128 Å². The third kappa shape index (κ3) is 38.3. The van der Waals surface area contributed by atoms with Crippen molar-refractivity contribution in [1.29, 1.82) is 0 Å². The molecule has 2 aromatic heterocycles. The van der Waals surface area contributed by atoms with Crippen LogP contribution in [0.15, 0.2) is 159 Å². The molecule has 2 fully saturated rings. The van der Waals surface area contributed by atoms with E-state index in [1.54, 1.807) is 22.0 Å². The van der Waals surface area contributed by atoms with Crippen LogP contribution < -0.4 is 0 Å². The summed E-state index contributed by atoms with van der Waals surface area (Å²) in [6.45, 7) is 23.9. The number of carboxylic acid groups (broad SMARTS) is 1. The number of fused-ring (bicyclic) bond motifs is 2. The van der Waals surface area contributed by atoms with Gasteiger partial charge >= 0.3 is 5.97 Å². The summed E-state index contributed by atoms with van der Waals surface area (Å²) in [5.74, 6) is 2.28. The van der Waals surface area contributed by atoms with Gasteiger partial charge in [0.05, 0.1) is 17.1 Å². The summed E-state index contributed by atoms with van der Waals surface area (Å²) in [6.07, 6.45) is 23.4. The molecule has 2 aliphatic rings. The van der Waals surface area contributed by atoms with E-state index in [2.05, 4.69) is 262 Å². The predicted octanol–water partition coefficient (Wildman–Crippen LogP) is 25.4. The number of carbonyl (C=O) groups is 1. The number of alkyl halides is 1. The largest absolute Gasteiger partial charge is 0.481 e. The highest BCUT2D eigenvalue weighted by Crippen LogP contribution is 2.46. The highest BCUT2D eigenvalue weighted by Gasteiger charge is 2.28. The zero-order chi connectivity index (χ0) is 62.8. The number of aliphatic carboxylic acids is 1. The molecule has 89 heavy (non-hydrogen) atoms. The third-order valence-electron chi connectivity index (χ3n) is 11.9. The molecule has 2 saturated carbocycles. The number of halogens is 4. The standard InChI is InChI=1S/C18H18BrN3S.C17H14BrN3O2S.C7H8.C6H6.2C5H12.C4H10S.C3H7BrS.C2H2.CH3Br.3CH4.2H3P/c1-11(2)23-18-21-20-17(19)22(18)16-10-9-13(12-7-8-12)14-5-3-4-6-15(14)16;18-16-19-20-17(24-9-15(22)23)21(16)14-8-7-11(10-5-6-10)12-3-1-2-4-13(12)14;1-7-5-3-2-4-6-7;1-2-4-6-5-3-1;2*1-3-5-4-2;1-4(2)5-3;1-3(2)5-4;2*1-2;;;;;/h3-6,9-12H,7-8H2,1-2H3;1-4,7-8,10H,5-6,9H2,(H,22,23);2-6H,1H3;1-6H;2*3-5H2,1-2H3;4H,1-3H3;3H,1-2H3;1-2H;1H3;3*1H4;2*1H3. The molecule has 2 atom stereocenters. The first kappa shape index (κ1) is 95.0. The van der Waals surface area contributed by atoms with Gasteiger partial charge in [0, 0.05) is 21.3 Å². The molecule has 0 bridgehead atoms. The molecule has 1 N–H and O–H groups in total. The molecule has 10 rings (SSSR count). The first-order chi connectivity index (χ1) is 40.6. The number of hydrogen-bond acceptors (Lipinski definition) is 9. The molecule has 2 unspecified atom stereocenters. The lowest BCUT2D eigenvalue weighted by Gasteiger charge is -2.14. The summed E-state index contributed by atoms with van der Waals surface area (Å²) in [5.41, 5.74) is 6.29. The van der Waals surface area contributed by atoms with Crippen molar-refractivity contribution in [3.05, 3.63) is 166 Å². The number of terminal acetylenes is 1. The minimum absolute atomic E-state index is 0. The van der Waals surface area contributed by atoms with E-state index < -0.39 is 5.97 Å². The van der Waals surface area contributed by atoms with Crippen molar-refractivity contribution >= 4 is 155 Å². The van der Waals surface area contributed by atoms with Gasteiger partial charge in [0.1, 0.15) is 0 Å². The smallest absolute Gasteiger partial charge is 0.313 e. The monoisotopic (exact) mass is 1580 g/mol. The average Bonchev–Trinajstić information content (AvgIpc) is 1.81. The summed E-state index contributed by atoms with van der Waals surface area (Å²) < 4.78 is 5.31. The number of unbranched alkanes of at least 4 members (excludes halogenated alkanes) is 4. The number of rotatable bonds is 15. The number of aromatic nitrogens is 6. The summed E-state index contributed by atoms with van der Waals surface area (Å²) in [6, 6.07) is 48.0. The number of hydrogen-bond donors (Lipinski definition) is 1. The van der Waals surface area contributed by atoms with Gasteiger partial charge in [-0.3, -0.25) is 13.9 Å². The molecule has 498 valence electrons. The summed E-state index contributed by atoms with van der Waals surface area (Å²) in [7, 11) is 1.69. The third-order valence-corrected chi connectivity index (χ3v) is 18.3. The fraction of sp³-hybridized carbons (Fsp3) is 0.451. The summed E-state index contributed by atoms with van der Waals surface area (Å²) >= 11 is 17.9. The van der Waals surface area contributed by atoms with Crippen molar-refractivity contribution in [2.75, 3.05) is 17.8 Å². The molecule has 6 aromatic carbocycles. The molecule has 2 heterocycles. The lowest BCUT2D eigenvalue weighted by Crippen LogP contribution is -2.03. The van der Waals surface area contributed by atoms with Crippen LogP contribution in [-0.2, 0) is 4.79 Å². The number of aryl methyl sites for hydroxylation is 1. The number of carboxylic acids is 1. The molecular weight excluding hydrogens is 1480 g/mol. The van der Waals surface area contributed by atoms with Gasteiger partial charge in [-0.15, -0.1) is 33.2 Å². The van der Waals surface area contributed by atoms with Crippen LogP contribution in [0.1, 0.15) is 184 Å². The van der Waals surface area contributed by atoms with E-state index in [1.807, 2.05) is 82.8 Å². The Kier molecular flexibility index (Phi) is 61.9. The first-order valence-corrected chi connectivity index (χ1v) is 37.9. The molecule has 8 aromatic rings. The van der Waals surface area contributed by atoms with E-state index in [9.17, 15) is 4.79 Å². The Bertz CT molecular complexity index is 2960. The van der Waals surface area contributed by atoms with E-state index in [-0.39, 0.29) is 47.8 Å². The highest BCUT2D eigenvalue weighted by atomic mass is 79.9. The van der Waals surface area contributed by atoms with Crippen LogP contribution in [-0.4, -0.2) is 74.2 Å². The minimum Gasteiger partial charge on any atom is -0.481 e. The molecule has 0 spiro atoms. The zero-order valence-corrected chi connectivity index (χ0v) is 65.6. The second-order valence-electron chi connectivity index (χ2n) is 19.9. The molecule has 18 heteroatoms. The Labute approximate surface area is 597 Å². The molecule has 0 aliphatic heterocycles. The van der Waals surface area contributed by atoms with Crippen molar-refractivity contribution in [3.8, 4) is 24.2 Å². The Morgan fingerprint density at radius 2 is 0.854 bits per heavy atom. The van der Waals surface area contributed by atoms with E-state index in [0.717, 1.165) is 54.8 Å². The van der Waals surface area contributed by atoms with Crippen molar-refractivity contribution in [1.82, 2.24) is 29.5 Å². The Hall–Kier alpha value is -2.67. The maximum absolute atomic E-state index is 10.9. The van der Waals surface area contributed by atoms with E-state index >= 15 is 0 Å². The molecule has 8 nitrogen and oxygen atoms in total. The van der Waals surface area contributed by atoms with Crippen LogP contribution in [0.4, 0.5) is 0 Å². The first-order valence-electron chi connectivity index (χ1n) is 28.9. The summed E-state index contributed by atoms with van der Waals surface area (Å²) in [4.78, 5) is 10.9. The number of benzene rings is 6. The van der Waals surface area contributed by atoms with Crippen LogP contribution in [0, 0.1) is 19.8 Å². The van der Waals surface area contributed by atoms with Gasteiger partial charge in [-0.05, 0) is 142 Å². The van der Waals surface area contributed by atoms with Gasteiger partial charge in [0.25, 0.3) is 0 Å². The topological polar surface area (TPSA) is 98.7 Å². The number of thioether (sulfide) groups is 3. The van der Waals surface area contributed by atoms with Gasteiger partial charge in [0.15, 0.2) is 10.3 Å². The molecule has 2 aliphatic carbocycles. The Balaban J connectivity index is -0.000000331. The van der Waals surface area contributed by atoms with E-state index in [1.165, 1.54) is 97.1 Å². The fourth-order valence-corrected chi connectivity index (χ4v) is 10.1. The molecule has 0 amide bonds. The van der Waals surface area contributed by atoms with Gasteiger partial charge in [0.2, 0.25) is 9.47 Å². The van der Waals surface area contributed by atoms with E-state index in [4.69, 9.17) is 5.11 Å². The normalized spacial score (nSPS) is 11.0. The van der Waals surface area contributed by atoms with Gasteiger partial charge in [-0.1, -0.05) is 313 Å². The van der Waals surface area contributed by atoms with Crippen molar-refractivity contribution in [2.24, 2.45) is 0 Å². The van der Waals surface area contributed by atoms with Crippen LogP contribution in [0.5, 0.6) is 0 Å². The van der Waals surface area contributed by atoms with Gasteiger partial charge in [-0.2, -0.15) is 31.6 Å². The van der Waals surface area contributed by atoms with Crippen molar-refractivity contribution < 1.29 is 9.90 Å². The maximum atomic E-state index is 10.9. The highest BCUT2D eigenvalue weighted by molar-refractivity contribution is 9.50. The van der Waals surface area contributed by atoms with Gasteiger partial charge < -0.3 is 5.11 Å². The second kappa shape index (κ2) is 58.0. The second-order valence-corrected chi connectivity index (χ2v) is 27.5. The van der Waals surface area contributed by atoms with E-state index in [0.29, 0.717) is 21.1 Å². The Morgan fingerprint density at radius 1 is 0.539 bits per heavy atom. The molecular formula is C71H110Br4N6O2P2S4. The number of nitrogens with zero attached hydrogens (tertiary/aromatic N) is 6. The summed E-state index contributed by atoms with van der Waals surface area (Å²) in [5, 5.41) is 34.1. The maximum Gasteiger partial charge on any atom is 0.313 e. The van der Waals surface area contributed by atoms with Crippen molar-refractivity contribution in [2.45, 2.75) is 201 Å². The van der Waals surface area contributed by atoms with Crippen LogP contribution in [0.2, 0.25) is 0 Å². The Morgan fingerprint density at radius 3 is 1.12 bits per heavy atom. The van der Waals surface area contributed by atoms with Gasteiger partial charge in [-0.25, -0.2) is 0 Å². The lowest BCUT2D eigenvalue weighted by molar-refractivity contribution is -0.133. The fourth-order valence-electron chi connectivity index (χ4n) is 7.55. The lowest BCUT2D eigenvalue weighted by atomic mass is 9.99.